The van der Waals surface area contributed by atoms with Crippen molar-refractivity contribution in [1.29, 1.82) is 0 Å². The average molecular weight is 768 g/mol. The first-order valence-electron chi connectivity index (χ1n) is 20.1. The topological polar surface area (TPSA) is 42.8 Å². The van der Waals surface area contributed by atoms with Gasteiger partial charge in [-0.2, -0.15) is 0 Å². The maximum atomic E-state index is 6.74. The van der Waals surface area contributed by atoms with Crippen molar-refractivity contribution in [1.82, 2.24) is 4.57 Å². The van der Waals surface area contributed by atoms with Crippen molar-refractivity contribution in [2.75, 3.05) is 0 Å². The molecule has 0 saturated heterocycles. The Morgan fingerprint density at radius 3 is 1.82 bits per heavy atom. The van der Waals surface area contributed by atoms with Crippen molar-refractivity contribution < 1.29 is 4.42 Å². The molecule has 0 atom stereocenters. The minimum Gasteiger partial charge on any atom is -0.456 e. The third-order valence-electron chi connectivity index (χ3n) is 11.5. The van der Waals surface area contributed by atoms with Crippen LogP contribution in [0, 0.1) is 0 Å². The molecular formula is C56H37N3O. The number of benzene rings is 9. The first-order chi connectivity index (χ1) is 29.6. The summed E-state index contributed by atoms with van der Waals surface area (Å²) in [6.45, 7) is 8.61. The molecule has 0 aliphatic carbocycles. The van der Waals surface area contributed by atoms with Crippen LogP contribution in [0.25, 0.3) is 87.8 Å². The second kappa shape index (κ2) is 14.4. The molecule has 4 nitrogen and oxygen atoms in total. The normalized spacial score (nSPS) is 12.3. The molecular weight excluding hydrogens is 731 g/mol. The van der Waals surface area contributed by atoms with Crippen molar-refractivity contribution in [3.05, 3.63) is 230 Å². The Hall–Kier alpha value is -8.08. The van der Waals surface area contributed by atoms with Gasteiger partial charge < -0.3 is 8.98 Å². The zero-order valence-electron chi connectivity index (χ0n) is 32.7. The van der Waals surface area contributed by atoms with Crippen LogP contribution in [0.5, 0.6) is 0 Å². The fourth-order valence-corrected chi connectivity index (χ4v) is 8.51. The molecule has 11 rings (SSSR count). The molecule has 2 aromatic heterocycles. The number of rotatable bonds is 7. The van der Waals surface area contributed by atoms with E-state index in [1.54, 1.807) is 6.08 Å². The molecule has 0 radical (unpaired) electrons. The standard InChI is InChI=1S/C56H37N3O/c1-3-51(44-24-22-39-16-8-10-18-42(39)32-44)58-56(57-36(2)40-23-21-38-15-7-9-17-41(38)31-40)45-26-29-49-50-30-27-46(35-55(50)60-54(49)34-45)59-52-20-12-11-19-47(52)48-28-25-43(33-53(48)59)37-13-5-4-6-14-37/h3-35H,1-2H2/b57-56-,58-51+. The minimum absolute atomic E-state index is 0.513. The van der Waals surface area contributed by atoms with Crippen molar-refractivity contribution in [2.45, 2.75) is 0 Å². The third-order valence-corrected chi connectivity index (χ3v) is 11.5. The zero-order valence-corrected chi connectivity index (χ0v) is 32.7. The minimum atomic E-state index is 0.513. The Morgan fingerprint density at radius 1 is 0.450 bits per heavy atom. The monoisotopic (exact) mass is 767 g/mol. The van der Waals surface area contributed by atoms with Crippen LogP contribution in [0.15, 0.2) is 228 Å². The van der Waals surface area contributed by atoms with E-state index in [0.717, 1.165) is 76.9 Å². The summed E-state index contributed by atoms with van der Waals surface area (Å²) in [6.07, 6.45) is 1.79. The van der Waals surface area contributed by atoms with E-state index >= 15 is 0 Å². The van der Waals surface area contributed by atoms with Gasteiger partial charge in [0.25, 0.3) is 0 Å². The van der Waals surface area contributed by atoms with Gasteiger partial charge in [-0.25, -0.2) is 9.98 Å². The lowest BCUT2D eigenvalue weighted by molar-refractivity contribution is 0.668. The summed E-state index contributed by atoms with van der Waals surface area (Å²) in [4.78, 5) is 10.3. The predicted molar refractivity (Wildman–Crippen MR) is 254 cm³/mol. The molecule has 0 saturated carbocycles. The van der Waals surface area contributed by atoms with E-state index in [1.165, 1.54) is 21.9 Å². The molecule has 2 heterocycles. The molecule has 0 fully saturated rings. The van der Waals surface area contributed by atoms with Crippen LogP contribution in [-0.4, -0.2) is 16.1 Å². The zero-order chi connectivity index (χ0) is 40.2. The summed E-state index contributed by atoms with van der Waals surface area (Å²) in [6, 6.07) is 67.9. The Kier molecular flexibility index (Phi) is 8.42. The highest BCUT2D eigenvalue weighted by atomic mass is 16.3. The quantitative estimate of drug-likeness (QED) is 0.118. The molecule has 0 amide bonds. The largest absolute Gasteiger partial charge is 0.456 e. The van der Waals surface area contributed by atoms with Gasteiger partial charge in [0.05, 0.1) is 22.4 Å². The number of hydrogen-bond acceptors (Lipinski definition) is 2. The second-order valence-corrected chi connectivity index (χ2v) is 15.2. The first-order valence-corrected chi connectivity index (χ1v) is 20.1. The van der Waals surface area contributed by atoms with Crippen LogP contribution in [-0.2, 0) is 0 Å². The van der Waals surface area contributed by atoms with Gasteiger partial charge in [-0.1, -0.05) is 153 Å². The van der Waals surface area contributed by atoms with Gasteiger partial charge in [0.15, 0.2) is 5.84 Å². The average Bonchev–Trinajstić information content (AvgIpc) is 3.84. The van der Waals surface area contributed by atoms with E-state index < -0.39 is 0 Å². The van der Waals surface area contributed by atoms with Gasteiger partial charge in [0, 0.05) is 50.0 Å². The van der Waals surface area contributed by atoms with Crippen molar-refractivity contribution in [2.24, 2.45) is 9.98 Å². The van der Waals surface area contributed by atoms with E-state index in [-0.39, 0.29) is 0 Å². The van der Waals surface area contributed by atoms with Gasteiger partial charge in [-0.05, 0) is 87.3 Å². The number of amidine groups is 1. The summed E-state index contributed by atoms with van der Waals surface area (Å²) in [7, 11) is 0. The molecule has 11 aromatic rings. The Labute approximate surface area is 347 Å². The van der Waals surface area contributed by atoms with Crippen molar-refractivity contribution in [3.63, 3.8) is 0 Å². The summed E-state index contributed by atoms with van der Waals surface area (Å²) in [5.41, 5.74) is 11.2. The summed E-state index contributed by atoms with van der Waals surface area (Å²) in [5.74, 6) is 0.513. The molecule has 9 aromatic carbocycles. The lowest BCUT2D eigenvalue weighted by Gasteiger charge is -2.09. The molecule has 0 unspecified atom stereocenters. The molecule has 60 heavy (non-hydrogen) atoms. The van der Waals surface area contributed by atoms with Gasteiger partial charge >= 0.3 is 0 Å². The van der Waals surface area contributed by atoms with Gasteiger partial charge in [0.2, 0.25) is 0 Å². The summed E-state index contributed by atoms with van der Waals surface area (Å²) < 4.78 is 9.09. The smallest absolute Gasteiger partial charge is 0.160 e. The maximum absolute atomic E-state index is 6.74. The highest BCUT2D eigenvalue weighted by Crippen LogP contribution is 2.37. The molecule has 0 N–H and O–H groups in total. The fraction of sp³-hybridized carbons (Fsp3) is 0. The van der Waals surface area contributed by atoms with Crippen LogP contribution < -0.4 is 0 Å². The maximum Gasteiger partial charge on any atom is 0.160 e. The molecule has 0 spiro atoms. The van der Waals surface area contributed by atoms with E-state index in [4.69, 9.17) is 14.4 Å². The molecule has 4 heteroatoms. The number of furan rings is 1. The number of aromatic nitrogens is 1. The van der Waals surface area contributed by atoms with Crippen LogP contribution in [0.4, 0.5) is 0 Å². The van der Waals surface area contributed by atoms with Gasteiger partial charge in [0.1, 0.15) is 11.2 Å². The fourth-order valence-electron chi connectivity index (χ4n) is 8.51. The lowest BCUT2D eigenvalue weighted by atomic mass is 10.0. The van der Waals surface area contributed by atoms with Crippen LogP contribution in [0.1, 0.15) is 16.7 Å². The highest BCUT2D eigenvalue weighted by molar-refractivity contribution is 6.19. The number of hydrogen-bond donors (Lipinski definition) is 0. The highest BCUT2D eigenvalue weighted by Gasteiger charge is 2.17. The van der Waals surface area contributed by atoms with Crippen molar-refractivity contribution >= 4 is 82.5 Å². The number of fused-ring (bicyclic) bond motifs is 8. The Balaban J connectivity index is 1.04. The van der Waals surface area contributed by atoms with Crippen LogP contribution >= 0.6 is 0 Å². The van der Waals surface area contributed by atoms with E-state index in [2.05, 4.69) is 188 Å². The lowest BCUT2D eigenvalue weighted by Crippen LogP contribution is -2.05. The Morgan fingerprint density at radius 2 is 1.05 bits per heavy atom. The number of aliphatic imine (C=N–C) groups is 2. The molecule has 0 bridgehead atoms. The molecule has 0 aliphatic heterocycles. The number of para-hydroxylation sites is 1. The first kappa shape index (κ1) is 35.1. The summed E-state index contributed by atoms with van der Waals surface area (Å²) >= 11 is 0. The van der Waals surface area contributed by atoms with Crippen molar-refractivity contribution in [3.8, 4) is 16.8 Å². The SMILES string of the molecule is C=C/C(=N\C(=N/C(=C)c1ccc2ccccc2c1)c1ccc2c(c1)oc1cc(-n3c4ccccc4c4ccc(-c5ccccc5)cc43)ccc12)c1ccc2ccccc2c1. The van der Waals surface area contributed by atoms with E-state index in [0.29, 0.717) is 17.2 Å². The van der Waals surface area contributed by atoms with E-state index in [9.17, 15) is 0 Å². The predicted octanol–water partition coefficient (Wildman–Crippen LogP) is 14.7. The van der Waals surface area contributed by atoms with Gasteiger partial charge in [-0.3, -0.25) is 0 Å². The molecule has 282 valence electrons. The summed E-state index contributed by atoms with van der Waals surface area (Å²) in [5, 5.41) is 9.05. The van der Waals surface area contributed by atoms with Crippen LogP contribution in [0.2, 0.25) is 0 Å². The van der Waals surface area contributed by atoms with Gasteiger partial charge in [-0.15, -0.1) is 0 Å². The van der Waals surface area contributed by atoms with E-state index in [1.807, 2.05) is 24.3 Å². The Bertz CT molecular complexity index is 3580. The van der Waals surface area contributed by atoms with Crippen LogP contribution in [0.3, 0.4) is 0 Å². The number of allylic oxidation sites excluding steroid dienone is 1. The molecule has 0 aliphatic rings. The third kappa shape index (κ3) is 6.10. The number of nitrogens with zero attached hydrogens (tertiary/aromatic N) is 3. The second-order valence-electron chi connectivity index (χ2n) is 15.2.